The number of furan rings is 1. The zero-order chi connectivity index (χ0) is 34.6. The first-order valence-corrected chi connectivity index (χ1v) is 17.1. The van der Waals surface area contributed by atoms with Crippen LogP contribution in [0.15, 0.2) is 167 Å². The number of oxazole rings is 1. The molecule has 0 spiro atoms. The number of rotatable bonds is 4. The molecule has 4 aromatic heterocycles. The van der Waals surface area contributed by atoms with Crippen molar-refractivity contribution in [2.24, 2.45) is 0 Å². The van der Waals surface area contributed by atoms with E-state index in [0.29, 0.717) is 35.5 Å². The van der Waals surface area contributed by atoms with Crippen LogP contribution in [0.2, 0.25) is 0 Å². The molecule has 4 heterocycles. The van der Waals surface area contributed by atoms with Crippen molar-refractivity contribution >= 4 is 50.0 Å². The Bertz CT molecular complexity index is 2940. The molecular weight excluding hydrogens is 643 g/mol. The molecule has 7 nitrogen and oxygen atoms in total. The van der Waals surface area contributed by atoms with E-state index in [9.17, 15) is 0 Å². The summed E-state index contributed by atoms with van der Waals surface area (Å²) in [5.41, 5.74) is 9.31. The second kappa shape index (κ2) is 12.0. The van der Waals surface area contributed by atoms with Crippen molar-refractivity contribution in [3.8, 4) is 40.2 Å². The summed E-state index contributed by atoms with van der Waals surface area (Å²) in [5, 5.41) is 2.97. The average molecular weight is 672 g/mol. The van der Waals surface area contributed by atoms with E-state index >= 15 is 0 Å². The van der Waals surface area contributed by atoms with Gasteiger partial charge in [-0.3, -0.25) is 4.57 Å². The number of nitrogens with zero attached hydrogens (tertiary/aromatic N) is 5. The summed E-state index contributed by atoms with van der Waals surface area (Å²) in [6.07, 6.45) is 13.0. The molecule has 0 unspecified atom stereocenters. The zero-order valence-electron chi connectivity index (χ0n) is 27.9. The maximum atomic E-state index is 6.68. The van der Waals surface area contributed by atoms with Crippen molar-refractivity contribution < 1.29 is 8.83 Å². The Hall–Kier alpha value is -7.12. The highest BCUT2D eigenvalue weighted by atomic mass is 16.3. The molecule has 0 N–H and O–H groups in total. The zero-order valence-corrected chi connectivity index (χ0v) is 27.9. The van der Waals surface area contributed by atoms with Crippen molar-refractivity contribution in [1.29, 1.82) is 0 Å². The van der Waals surface area contributed by atoms with Gasteiger partial charge in [-0.05, 0) is 54.0 Å². The number of benzene rings is 5. The van der Waals surface area contributed by atoms with Gasteiger partial charge in [-0.1, -0.05) is 122 Å². The number of hydrogen-bond donors (Lipinski definition) is 0. The second-order valence-corrected chi connectivity index (χ2v) is 12.7. The molecule has 0 aliphatic heterocycles. The molecule has 246 valence electrons. The predicted octanol–water partition coefficient (Wildman–Crippen LogP) is 11.1. The largest absolute Gasteiger partial charge is 0.456 e. The van der Waals surface area contributed by atoms with Gasteiger partial charge in [-0.25, -0.2) is 9.97 Å². The summed E-state index contributed by atoms with van der Waals surface area (Å²) >= 11 is 0. The molecule has 7 heteroatoms. The highest BCUT2D eigenvalue weighted by molar-refractivity contribution is 6.12. The van der Waals surface area contributed by atoms with Crippen molar-refractivity contribution in [2.45, 2.75) is 6.42 Å². The van der Waals surface area contributed by atoms with Crippen LogP contribution in [0.5, 0.6) is 0 Å². The lowest BCUT2D eigenvalue weighted by molar-refractivity contribution is 0.621. The van der Waals surface area contributed by atoms with Crippen LogP contribution in [0.1, 0.15) is 11.3 Å². The standard InChI is InChI=1S/C45H29N5O2/c1-28-14-5-2-10-19-31-32-25-26-35-41(52-44(46-35)30-17-8-4-9-18-30)40(32)50(36(31)27-24-28)45-48-42(29-15-6-3-7-16-29)47-43(49-45)34-21-13-23-38-39(34)33-20-11-12-22-37(33)51-38/h2-18,20-27H,1,19H2/b10-2-,14-5-,27-24-. The fraction of sp³-hybridized carbons (Fsp3) is 0.0222. The van der Waals surface area contributed by atoms with E-state index < -0.39 is 0 Å². The van der Waals surface area contributed by atoms with Crippen LogP contribution in [-0.2, 0) is 6.42 Å². The third-order valence-electron chi connectivity index (χ3n) is 9.48. The molecule has 0 amide bonds. The van der Waals surface area contributed by atoms with Gasteiger partial charge in [0.05, 0.1) is 5.69 Å². The molecule has 5 aromatic carbocycles. The summed E-state index contributed by atoms with van der Waals surface area (Å²) in [6, 6.07) is 38.2. The number of allylic oxidation sites excluding steroid dienone is 6. The first-order valence-electron chi connectivity index (χ1n) is 17.1. The van der Waals surface area contributed by atoms with Gasteiger partial charge in [0.15, 0.2) is 17.2 Å². The van der Waals surface area contributed by atoms with E-state index in [4.69, 9.17) is 28.8 Å². The van der Waals surface area contributed by atoms with Gasteiger partial charge in [-0.2, -0.15) is 9.97 Å². The predicted molar refractivity (Wildman–Crippen MR) is 208 cm³/mol. The van der Waals surface area contributed by atoms with Crippen molar-refractivity contribution in [3.05, 3.63) is 169 Å². The van der Waals surface area contributed by atoms with Gasteiger partial charge in [0.25, 0.3) is 0 Å². The number of hydrogen-bond acceptors (Lipinski definition) is 6. The average Bonchev–Trinajstić information content (AvgIpc) is 3.89. The maximum absolute atomic E-state index is 6.68. The minimum absolute atomic E-state index is 0.455. The fourth-order valence-electron chi connectivity index (χ4n) is 7.09. The van der Waals surface area contributed by atoms with E-state index in [0.717, 1.165) is 71.9 Å². The molecule has 0 fully saturated rings. The van der Waals surface area contributed by atoms with E-state index in [1.54, 1.807) is 0 Å². The molecule has 0 atom stereocenters. The van der Waals surface area contributed by atoms with Gasteiger partial charge in [-0.15, -0.1) is 0 Å². The third kappa shape index (κ3) is 4.90. The van der Waals surface area contributed by atoms with Gasteiger partial charge in [0, 0.05) is 32.8 Å². The molecule has 52 heavy (non-hydrogen) atoms. The van der Waals surface area contributed by atoms with Gasteiger partial charge in [0.1, 0.15) is 22.2 Å². The normalized spacial score (nSPS) is 15.0. The summed E-state index contributed by atoms with van der Waals surface area (Å²) in [7, 11) is 0. The van der Waals surface area contributed by atoms with Crippen molar-refractivity contribution in [3.63, 3.8) is 0 Å². The minimum Gasteiger partial charge on any atom is -0.456 e. The molecule has 0 radical (unpaired) electrons. The Balaban J connectivity index is 1.32. The number of aromatic nitrogens is 5. The summed E-state index contributed by atoms with van der Waals surface area (Å²) < 4.78 is 15.1. The monoisotopic (exact) mass is 671 g/mol. The number of fused-ring (bicyclic) bond motifs is 8. The van der Waals surface area contributed by atoms with Crippen LogP contribution < -0.4 is 0 Å². The lowest BCUT2D eigenvalue weighted by Gasteiger charge is -2.12. The van der Waals surface area contributed by atoms with Crippen LogP contribution in [0.3, 0.4) is 0 Å². The molecule has 0 bridgehead atoms. The first kappa shape index (κ1) is 29.8. The lowest BCUT2D eigenvalue weighted by atomic mass is 10.0. The topological polar surface area (TPSA) is 82.8 Å². The van der Waals surface area contributed by atoms with Crippen LogP contribution in [0.4, 0.5) is 0 Å². The van der Waals surface area contributed by atoms with Crippen molar-refractivity contribution in [1.82, 2.24) is 24.5 Å². The number of para-hydroxylation sites is 1. The van der Waals surface area contributed by atoms with Crippen LogP contribution in [0, 0.1) is 0 Å². The SMILES string of the molecule is C=C1/C=C\C=C/Cc2c(n(-c3nc(-c4ccccc4)nc(-c4cccc5oc6ccccc6c45)n3)c3c2ccc2nc(-c4ccccc4)oc23)/C=C\1. The smallest absolute Gasteiger partial charge is 0.238 e. The molecule has 9 aromatic rings. The second-order valence-electron chi connectivity index (χ2n) is 12.7. The van der Waals surface area contributed by atoms with Crippen LogP contribution >= 0.6 is 0 Å². The Morgan fingerprint density at radius 2 is 1.37 bits per heavy atom. The van der Waals surface area contributed by atoms with Gasteiger partial charge < -0.3 is 8.83 Å². The minimum atomic E-state index is 0.455. The Kier molecular flexibility index (Phi) is 6.89. The molecule has 1 aliphatic rings. The maximum Gasteiger partial charge on any atom is 0.238 e. The van der Waals surface area contributed by atoms with E-state index in [1.807, 2.05) is 121 Å². The van der Waals surface area contributed by atoms with Crippen LogP contribution in [0.25, 0.3) is 90.2 Å². The summed E-state index contributed by atoms with van der Waals surface area (Å²) in [5.74, 6) is 2.08. The molecule has 0 saturated heterocycles. The Labute approximate surface area is 298 Å². The lowest BCUT2D eigenvalue weighted by Crippen LogP contribution is -2.08. The first-order chi connectivity index (χ1) is 25.7. The molecule has 1 aliphatic carbocycles. The highest BCUT2D eigenvalue weighted by Crippen LogP contribution is 2.40. The third-order valence-corrected chi connectivity index (χ3v) is 9.48. The quantitative estimate of drug-likeness (QED) is 0.185. The summed E-state index contributed by atoms with van der Waals surface area (Å²) in [4.78, 5) is 20.6. The molecule has 10 rings (SSSR count). The van der Waals surface area contributed by atoms with E-state index in [2.05, 4.69) is 41.5 Å². The Morgan fingerprint density at radius 1 is 0.596 bits per heavy atom. The van der Waals surface area contributed by atoms with E-state index in [-0.39, 0.29) is 0 Å². The molecular formula is C45H29N5O2. The summed E-state index contributed by atoms with van der Waals surface area (Å²) in [6.45, 7) is 4.27. The van der Waals surface area contributed by atoms with Gasteiger partial charge >= 0.3 is 0 Å². The van der Waals surface area contributed by atoms with E-state index in [1.165, 1.54) is 0 Å². The Morgan fingerprint density at radius 3 is 2.23 bits per heavy atom. The fourth-order valence-corrected chi connectivity index (χ4v) is 7.09. The molecule has 0 saturated carbocycles. The van der Waals surface area contributed by atoms with Gasteiger partial charge in [0.2, 0.25) is 11.8 Å². The van der Waals surface area contributed by atoms with Crippen LogP contribution in [-0.4, -0.2) is 24.5 Å². The highest BCUT2D eigenvalue weighted by Gasteiger charge is 2.25. The van der Waals surface area contributed by atoms with Crippen molar-refractivity contribution in [2.75, 3.05) is 0 Å².